The van der Waals surface area contributed by atoms with Gasteiger partial charge in [0, 0.05) is 31.0 Å². The van der Waals surface area contributed by atoms with E-state index < -0.39 is 18.1 Å². The van der Waals surface area contributed by atoms with Crippen LogP contribution in [-0.4, -0.2) is 57.1 Å². The highest BCUT2D eigenvalue weighted by Gasteiger charge is 2.38. The molecule has 3 N–H and O–H groups in total. The van der Waals surface area contributed by atoms with Gasteiger partial charge in [-0.1, -0.05) is 23.4 Å². The number of hydrogen-bond acceptors (Lipinski definition) is 8. The Morgan fingerprint density at radius 3 is 2.46 bits per heavy atom. The lowest BCUT2D eigenvalue weighted by Crippen LogP contribution is -2.21. The van der Waals surface area contributed by atoms with E-state index in [2.05, 4.69) is 27.6 Å². The number of pyridine rings is 1. The van der Waals surface area contributed by atoms with Gasteiger partial charge in [-0.25, -0.2) is 9.78 Å². The second kappa shape index (κ2) is 13.6. The van der Waals surface area contributed by atoms with E-state index in [-0.39, 0.29) is 12.3 Å². The molecule has 0 spiro atoms. The molecule has 0 radical (unpaired) electrons. The minimum Gasteiger partial charge on any atom is -0.497 e. The average molecular weight is 551 g/mol. The van der Waals surface area contributed by atoms with E-state index in [0.717, 1.165) is 55.1 Å². The van der Waals surface area contributed by atoms with E-state index in [9.17, 15) is 23.1 Å². The second-order valence-corrected chi connectivity index (χ2v) is 8.87. The first kappa shape index (κ1) is 29.4. The van der Waals surface area contributed by atoms with Gasteiger partial charge in [-0.2, -0.15) is 18.2 Å². The van der Waals surface area contributed by atoms with Gasteiger partial charge < -0.3 is 24.8 Å². The number of aryl methyl sites for hydroxylation is 3. The molecule has 1 atom stereocenters. The average Bonchev–Trinajstić information content (AvgIpc) is 3.35. The smallest absolute Gasteiger partial charge is 0.490 e. The summed E-state index contributed by atoms with van der Waals surface area (Å²) in [7, 11) is 1.60. The predicted octanol–water partition coefficient (Wildman–Crippen LogP) is 4.44. The molecule has 4 rings (SSSR count). The van der Waals surface area contributed by atoms with E-state index in [0.29, 0.717) is 24.6 Å². The molecule has 3 heterocycles. The molecule has 0 bridgehead atoms. The fourth-order valence-corrected chi connectivity index (χ4v) is 4.02. The number of rotatable bonds is 10. The first-order valence-electron chi connectivity index (χ1n) is 12.2. The van der Waals surface area contributed by atoms with Gasteiger partial charge in [-0.3, -0.25) is 4.79 Å². The summed E-state index contributed by atoms with van der Waals surface area (Å²) >= 11 is 0. The number of halogens is 3. The molecule has 3 aromatic rings. The lowest BCUT2D eigenvalue weighted by molar-refractivity contribution is -0.192. The van der Waals surface area contributed by atoms with Crippen LogP contribution in [0.5, 0.6) is 5.75 Å². The first-order valence-corrected chi connectivity index (χ1v) is 12.2. The number of nitrogens with one attached hydrogen (secondary N) is 1. The SMILES string of the molecule is COc1ccc(C(CC(=O)O)Cc2nc(CCCc3ccc4c(n3)NCCC4)no2)cc1.O=C(O)C(F)(F)F. The van der Waals surface area contributed by atoms with Crippen molar-refractivity contribution < 1.29 is 42.2 Å². The highest BCUT2D eigenvalue weighted by atomic mass is 19.4. The molecule has 1 aromatic carbocycles. The summed E-state index contributed by atoms with van der Waals surface area (Å²) in [5.74, 6) is -1.03. The number of alkyl halides is 3. The molecular weight excluding hydrogens is 521 g/mol. The van der Waals surface area contributed by atoms with Crippen molar-refractivity contribution in [2.75, 3.05) is 19.0 Å². The Balaban J connectivity index is 0.000000532. The minimum atomic E-state index is -5.08. The molecule has 1 aliphatic rings. The van der Waals surface area contributed by atoms with Crippen LogP contribution in [0.4, 0.5) is 19.0 Å². The maximum Gasteiger partial charge on any atom is 0.490 e. The van der Waals surface area contributed by atoms with E-state index in [1.54, 1.807) is 7.11 Å². The highest BCUT2D eigenvalue weighted by Crippen LogP contribution is 2.26. The zero-order valence-electron chi connectivity index (χ0n) is 21.2. The van der Waals surface area contributed by atoms with Crippen LogP contribution in [0.1, 0.15) is 53.7 Å². The monoisotopic (exact) mass is 550 g/mol. The maximum atomic E-state index is 11.4. The van der Waals surface area contributed by atoms with Crippen LogP contribution in [0.2, 0.25) is 0 Å². The number of ether oxygens (including phenoxy) is 1. The molecule has 10 nitrogen and oxygen atoms in total. The van der Waals surface area contributed by atoms with Crippen LogP contribution in [0, 0.1) is 0 Å². The number of benzene rings is 1. The Kier molecular flexibility index (Phi) is 10.2. The number of methoxy groups -OCH3 is 1. The van der Waals surface area contributed by atoms with Gasteiger partial charge in [0.15, 0.2) is 5.82 Å². The van der Waals surface area contributed by atoms with Crippen molar-refractivity contribution in [2.45, 2.75) is 57.0 Å². The van der Waals surface area contributed by atoms with Crippen molar-refractivity contribution >= 4 is 17.8 Å². The van der Waals surface area contributed by atoms with Gasteiger partial charge in [-0.15, -0.1) is 0 Å². The third kappa shape index (κ3) is 9.27. The van der Waals surface area contributed by atoms with Crippen LogP contribution in [0.25, 0.3) is 0 Å². The van der Waals surface area contributed by atoms with Gasteiger partial charge in [0.05, 0.1) is 13.5 Å². The van der Waals surface area contributed by atoms with Crippen LogP contribution in [0.15, 0.2) is 40.9 Å². The van der Waals surface area contributed by atoms with E-state index in [4.69, 9.17) is 24.1 Å². The van der Waals surface area contributed by atoms with Gasteiger partial charge in [-0.05, 0) is 55.0 Å². The van der Waals surface area contributed by atoms with E-state index in [1.165, 1.54) is 5.56 Å². The largest absolute Gasteiger partial charge is 0.497 e. The number of nitrogens with zero attached hydrogens (tertiary/aromatic N) is 3. The summed E-state index contributed by atoms with van der Waals surface area (Å²) < 4.78 is 42.3. The van der Waals surface area contributed by atoms with Gasteiger partial charge in [0.2, 0.25) is 5.89 Å². The van der Waals surface area contributed by atoms with Gasteiger partial charge >= 0.3 is 18.1 Å². The van der Waals surface area contributed by atoms with E-state index in [1.807, 2.05) is 24.3 Å². The second-order valence-electron chi connectivity index (χ2n) is 8.87. The lowest BCUT2D eigenvalue weighted by atomic mass is 9.92. The number of fused-ring (bicyclic) bond motifs is 1. The number of hydrogen-bond donors (Lipinski definition) is 3. The summed E-state index contributed by atoms with van der Waals surface area (Å²) in [6.45, 7) is 0.981. The summed E-state index contributed by atoms with van der Waals surface area (Å²) in [6.07, 6.45) is -0.0949. The van der Waals surface area contributed by atoms with Crippen molar-refractivity contribution in [1.82, 2.24) is 15.1 Å². The number of carboxylic acid groups (broad SMARTS) is 2. The van der Waals surface area contributed by atoms with Crippen LogP contribution in [-0.2, 0) is 35.3 Å². The van der Waals surface area contributed by atoms with Crippen molar-refractivity contribution in [3.8, 4) is 5.75 Å². The van der Waals surface area contributed by atoms with Crippen molar-refractivity contribution in [3.63, 3.8) is 0 Å². The molecule has 2 aromatic heterocycles. The Hall–Kier alpha value is -4.16. The third-order valence-corrected chi connectivity index (χ3v) is 5.97. The summed E-state index contributed by atoms with van der Waals surface area (Å²) in [5.41, 5.74) is 3.25. The summed E-state index contributed by atoms with van der Waals surface area (Å²) in [6, 6.07) is 11.7. The molecule has 39 heavy (non-hydrogen) atoms. The number of aliphatic carboxylic acids is 2. The fourth-order valence-electron chi connectivity index (χ4n) is 4.02. The molecule has 0 saturated heterocycles. The molecule has 0 fully saturated rings. The number of anilines is 1. The van der Waals surface area contributed by atoms with E-state index >= 15 is 0 Å². The summed E-state index contributed by atoms with van der Waals surface area (Å²) in [5, 5.41) is 23.9. The summed E-state index contributed by atoms with van der Waals surface area (Å²) in [4.78, 5) is 29.5. The molecule has 1 aliphatic heterocycles. The molecular formula is C26H29F3N4O6. The minimum absolute atomic E-state index is 0.0118. The predicted molar refractivity (Wildman–Crippen MR) is 133 cm³/mol. The fraction of sp³-hybridized carbons (Fsp3) is 0.423. The third-order valence-electron chi connectivity index (χ3n) is 5.97. The standard InChI is InChI=1S/C24H28N4O4.C2HF3O2/c1-31-20-11-8-16(9-12-20)18(15-23(29)30)14-22-27-21(28-32-22)6-2-5-19-10-7-17-4-3-13-25-24(17)26-19;3-2(4,5)1(6)7/h7-12,18H,2-6,13-15H2,1H3,(H,25,26)(H,29,30);(H,6,7). The molecule has 13 heteroatoms. The van der Waals surface area contributed by atoms with Crippen LogP contribution in [0.3, 0.4) is 0 Å². The molecule has 0 aliphatic carbocycles. The topological polar surface area (TPSA) is 148 Å². The van der Waals surface area contributed by atoms with Crippen LogP contribution >= 0.6 is 0 Å². The number of aromatic nitrogens is 3. The highest BCUT2D eigenvalue weighted by molar-refractivity contribution is 5.73. The van der Waals surface area contributed by atoms with Crippen molar-refractivity contribution in [1.29, 1.82) is 0 Å². The van der Waals surface area contributed by atoms with Crippen molar-refractivity contribution in [3.05, 3.63) is 64.9 Å². The molecule has 0 saturated carbocycles. The zero-order valence-corrected chi connectivity index (χ0v) is 21.2. The Bertz CT molecular complexity index is 1250. The Labute approximate surface area is 222 Å². The molecule has 1 unspecified atom stereocenters. The molecule has 210 valence electrons. The zero-order chi connectivity index (χ0) is 28.4. The normalized spacial score (nSPS) is 13.3. The number of carbonyl (C=O) groups is 2. The van der Waals surface area contributed by atoms with Gasteiger partial charge in [0.25, 0.3) is 0 Å². The molecule has 0 amide bonds. The van der Waals surface area contributed by atoms with Gasteiger partial charge in [0.1, 0.15) is 11.6 Å². The quantitative estimate of drug-likeness (QED) is 0.331. The van der Waals surface area contributed by atoms with Crippen LogP contribution < -0.4 is 10.1 Å². The number of carboxylic acids is 2. The first-order chi connectivity index (χ1) is 18.5. The Morgan fingerprint density at radius 2 is 1.82 bits per heavy atom. The van der Waals surface area contributed by atoms with Crippen molar-refractivity contribution in [2.24, 2.45) is 0 Å². The maximum absolute atomic E-state index is 11.4. The lowest BCUT2D eigenvalue weighted by Gasteiger charge is -2.17. The Morgan fingerprint density at radius 1 is 1.10 bits per heavy atom.